The Kier molecular flexibility index (Phi) is 3.64. The van der Waals surface area contributed by atoms with Crippen molar-refractivity contribution in [1.82, 2.24) is 15.1 Å². The predicted octanol–water partition coefficient (Wildman–Crippen LogP) is 2.17. The standard InChI is InChI=1S/C14H17FN4O/c15-12-5-1-3-10(7-12)8-19-6-2-4-11(9-19)13-17-18-14(16)20-13/h1,3,5,7,11H,2,4,6,8-9H2,(H2,16,18). The van der Waals surface area contributed by atoms with Crippen molar-refractivity contribution in [2.45, 2.75) is 25.3 Å². The second-order valence-electron chi connectivity index (χ2n) is 5.18. The number of piperidine rings is 1. The summed E-state index contributed by atoms with van der Waals surface area (Å²) in [7, 11) is 0. The third-order valence-corrected chi connectivity index (χ3v) is 3.61. The molecule has 0 amide bonds. The van der Waals surface area contributed by atoms with Gasteiger partial charge in [0.1, 0.15) is 5.82 Å². The number of hydrogen-bond donors (Lipinski definition) is 1. The Bertz CT molecular complexity index is 586. The van der Waals surface area contributed by atoms with E-state index >= 15 is 0 Å². The van der Waals surface area contributed by atoms with E-state index in [0.717, 1.165) is 38.0 Å². The molecule has 1 aromatic heterocycles. The first-order valence-corrected chi connectivity index (χ1v) is 6.76. The van der Waals surface area contributed by atoms with E-state index in [4.69, 9.17) is 10.2 Å². The van der Waals surface area contributed by atoms with Crippen LogP contribution in [0.3, 0.4) is 0 Å². The zero-order valence-electron chi connectivity index (χ0n) is 11.1. The van der Waals surface area contributed by atoms with E-state index in [1.807, 2.05) is 6.07 Å². The summed E-state index contributed by atoms with van der Waals surface area (Å²) >= 11 is 0. The van der Waals surface area contributed by atoms with E-state index in [-0.39, 0.29) is 17.7 Å². The van der Waals surface area contributed by atoms with Crippen LogP contribution in [0.4, 0.5) is 10.4 Å². The molecule has 1 atom stereocenters. The quantitative estimate of drug-likeness (QED) is 0.930. The highest BCUT2D eigenvalue weighted by molar-refractivity contribution is 5.16. The zero-order valence-corrected chi connectivity index (χ0v) is 11.1. The Morgan fingerprint density at radius 3 is 3.05 bits per heavy atom. The van der Waals surface area contributed by atoms with E-state index in [1.54, 1.807) is 12.1 Å². The van der Waals surface area contributed by atoms with Gasteiger partial charge in [0.05, 0.1) is 5.92 Å². The van der Waals surface area contributed by atoms with Gasteiger partial charge in [-0.2, -0.15) is 0 Å². The summed E-state index contributed by atoms with van der Waals surface area (Å²) in [6.45, 7) is 2.56. The fourth-order valence-corrected chi connectivity index (χ4v) is 2.71. The predicted molar refractivity (Wildman–Crippen MR) is 72.4 cm³/mol. The first-order valence-electron chi connectivity index (χ1n) is 6.76. The molecule has 0 spiro atoms. The Morgan fingerprint density at radius 2 is 2.30 bits per heavy atom. The lowest BCUT2D eigenvalue weighted by molar-refractivity contribution is 0.186. The van der Waals surface area contributed by atoms with Crippen molar-refractivity contribution in [3.8, 4) is 0 Å². The number of halogens is 1. The molecule has 106 valence electrons. The van der Waals surface area contributed by atoms with Crippen molar-refractivity contribution in [3.05, 3.63) is 41.5 Å². The van der Waals surface area contributed by atoms with Crippen LogP contribution in [0.15, 0.2) is 28.7 Å². The van der Waals surface area contributed by atoms with Gasteiger partial charge in [0.2, 0.25) is 5.89 Å². The summed E-state index contributed by atoms with van der Waals surface area (Å²) in [5.74, 6) is 0.620. The summed E-state index contributed by atoms with van der Waals surface area (Å²) in [5, 5.41) is 7.67. The van der Waals surface area contributed by atoms with Crippen molar-refractivity contribution < 1.29 is 8.81 Å². The fraction of sp³-hybridized carbons (Fsp3) is 0.429. The lowest BCUT2D eigenvalue weighted by Crippen LogP contribution is -2.34. The van der Waals surface area contributed by atoms with Crippen molar-refractivity contribution in [1.29, 1.82) is 0 Å². The number of aromatic nitrogens is 2. The third-order valence-electron chi connectivity index (χ3n) is 3.61. The number of nitrogen functional groups attached to an aromatic ring is 1. The number of nitrogens with two attached hydrogens (primary N) is 1. The maximum atomic E-state index is 13.2. The van der Waals surface area contributed by atoms with Gasteiger partial charge < -0.3 is 10.2 Å². The molecule has 1 aliphatic heterocycles. The topological polar surface area (TPSA) is 68.2 Å². The molecule has 0 radical (unpaired) electrons. The van der Waals surface area contributed by atoms with Gasteiger partial charge in [-0.25, -0.2) is 4.39 Å². The van der Waals surface area contributed by atoms with Crippen LogP contribution in [0, 0.1) is 5.82 Å². The molecule has 6 heteroatoms. The maximum absolute atomic E-state index is 13.2. The largest absolute Gasteiger partial charge is 0.408 e. The number of rotatable bonds is 3. The van der Waals surface area contributed by atoms with Crippen molar-refractivity contribution in [3.63, 3.8) is 0 Å². The van der Waals surface area contributed by atoms with Gasteiger partial charge in [0, 0.05) is 13.1 Å². The Balaban J connectivity index is 1.66. The zero-order chi connectivity index (χ0) is 13.9. The summed E-state index contributed by atoms with van der Waals surface area (Å²) in [4.78, 5) is 2.28. The molecule has 1 unspecified atom stereocenters. The number of likely N-dealkylation sites (tertiary alicyclic amines) is 1. The second kappa shape index (κ2) is 5.58. The average Bonchev–Trinajstić information content (AvgIpc) is 2.86. The minimum atomic E-state index is -0.194. The van der Waals surface area contributed by atoms with E-state index in [2.05, 4.69) is 15.1 Å². The Morgan fingerprint density at radius 1 is 1.40 bits per heavy atom. The summed E-state index contributed by atoms with van der Waals surface area (Å²) < 4.78 is 18.5. The van der Waals surface area contributed by atoms with E-state index < -0.39 is 0 Å². The van der Waals surface area contributed by atoms with Crippen LogP contribution in [-0.2, 0) is 6.54 Å². The maximum Gasteiger partial charge on any atom is 0.312 e. The lowest BCUT2D eigenvalue weighted by atomic mass is 9.97. The van der Waals surface area contributed by atoms with Crippen LogP contribution in [0.25, 0.3) is 0 Å². The minimum Gasteiger partial charge on any atom is -0.408 e. The van der Waals surface area contributed by atoms with Crippen LogP contribution < -0.4 is 5.73 Å². The molecule has 2 N–H and O–H groups in total. The Labute approximate surface area is 116 Å². The van der Waals surface area contributed by atoms with Crippen LogP contribution in [0.5, 0.6) is 0 Å². The first-order chi connectivity index (χ1) is 9.70. The molecule has 0 bridgehead atoms. The smallest absolute Gasteiger partial charge is 0.312 e. The molecule has 1 aromatic carbocycles. The molecular weight excluding hydrogens is 259 g/mol. The number of hydrogen-bond acceptors (Lipinski definition) is 5. The van der Waals surface area contributed by atoms with Gasteiger partial charge in [-0.15, -0.1) is 5.10 Å². The number of nitrogens with zero attached hydrogens (tertiary/aromatic N) is 3. The lowest BCUT2D eigenvalue weighted by Gasteiger charge is -2.30. The van der Waals surface area contributed by atoms with Crippen LogP contribution in [-0.4, -0.2) is 28.2 Å². The van der Waals surface area contributed by atoms with Gasteiger partial charge in [0.15, 0.2) is 0 Å². The van der Waals surface area contributed by atoms with Crippen molar-refractivity contribution >= 4 is 6.01 Å². The summed E-state index contributed by atoms with van der Waals surface area (Å²) in [6, 6.07) is 6.84. The highest BCUT2D eigenvalue weighted by atomic mass is 19.1. The molecule has 0 aliphatic carbocycles. The van der Waals surface area contributed by atoms with Crippen LogP contribution in [0.2, 0.25) is 0 Å². The molecule has 1 aliphatic rings. The molecule has 0 saturated carbocycles. The van der Waals surface area contributed by atoms with Gasteiger partial charge in [-0.05, 0) is 37.1 Å². The molecule has 1 saturated heterocycles. The highest BCUT2D eigenvalue weighted by Gasteiger charge is 2.25. The van der Waals surface area contributed by atoms with Crippen LogP contribution >= 0.6 is 0 Å². The molecule has 1 fully saturated rings. The van der Waals surface area contributed by atoms with E-state index in [0.29, 0.717) is 5.89 Å². The normalized spacial score (nSPS) is 20.1. The van der Waals surface area contributed by atoms with E-state index in [9.17, 15) is 4.39 Å². The Hall–Kier alpha value is -1.95. The average molecular weight is 276 g/mol. The fourth-order valence-electron chi connectivity index (χ4n) is 2.71. The SMILES string of the molecule is Nc1nnc(C2CCCN(Cc3cccc(F)c3)C2)o1. The molecule has 3 rings (SSSR count). The third kappa shape index (κ3) is 2.96. The molecule has 2 heterocycles. The van der Waals surface area contributed by atoms with E-state index in [1.165, 1.54) is 6.07 Å². The van der Waals surface area contributed by atoms with Gasteiger partial charge >= 0.3 is 6.01 Å². The van der Waals surface area contributed by atoms with Crippen molar-refractivity contribution in [2.24, 2.45) is 0 Å². The van der Waals surface area contributed by atoms with Crippen molar-refractivity contribution in [2.75, 3.05) is 18.8 Å². The van der Waals surface area contributed by atoms with Gasteiger partial charge in [-0.1, -0.05) is 17.2 Å². The number of anilines is 1. The summed E-state index contributed by atoms with van der Waals surface area (Å²) in [6.07, 6.45) is 2.07. The molecular formula is C14H17FN4O. The molecule has 5 nitrogen and oxygen atoms in total. The van der Waals surface area contributed by atoms with Gasteiger partial charge in [0.25, 0.3) is 0 Å². The molecule has 20 heavy (non-hydrogen) atoms. The second-order valence-corrected chi connectivity index (χ2v) is 5.18. The monoisotopic (exact) mass is 276 g/mol. The first kappa shape index (κ1) is 13.1. The summed E-state index contributed by atoms with van der Waals surface area (Å²) in [5.41, 5.74) is 6.45. The highest BCUT2D eigenvalue weighted by Crippen LogP contribution is 2.27. The minimum absolute atomic E-state index is 0.113. The molecule has 2 aromatic rings. The van der Waals surface area contributed by atoms with Gasteiger partial charge in [-0.3, -0.25) is 4.90 Å². The van der Waals surface area contributed by atoms with Crippen LogP contribution in [0.1, 0.15) is 30.2 Å². The number of benzene rings is 1.